The zero-order chi connectivity index (χ0) is 30.3. The van der Waals surface area contributed by atoms with Gasteiger partial charge in [0.1, 0.15) is 0 Å². The van der Waals surface area contributed by atoms with Crippen molar-refractivity contribution in [3.05, 3.63) is 82.9 Å². The van der Waals surface area contributed by atoms with Gasteiger partial charge in [-0.3, -0.25) is 14.5 Å². The third-order valence-electron chi connectivity index (χ3n) is 10.7. The number of ether oxygens (including phenoxy) is 2. The van der Waals surface area contributed by atoms with Crippen molar-refractivity contribution >= 4 is 23.2 Å². The van der Waals surface area contributed by atoms with Crippen LogP contribution in [-0.4, -0.2) is 44.0 Å². The first-order valence-electron chi connectivity index (χ1n) is 16.2. The number of nitrogens with zero attached hydrogens (tertiary/aromatic N) is 1. The summed E-state index contributed by atoms with van der Waals surface area (Å²) in [6.07, 6.45) is 8.80. The average Bonchev–Trinajstić information content (AvgIpc) is 3.03. The Bertz CT molecular complexity index is 1510. The summed E-state index contributed by atoms with van der Waals surface area (Å²) in [5.74, 6) is 3.54. The van der Waals surface area contributed by atoms with E-state index in [-0.39, 0.29) is 17.2 Å². The maximum atomic E-state index is 13.7. The lowest BCUT2D eigenvalue weighted by Gasteiger charge is -2.55. The molecule has 1 heterocycles. The monoisotopic (exact) mass is 593 g/mol. The number of carbonyl (C=O) groups is 2. The summed E-state index contributed by atoms with van der Waals surface area (Å²) in [7, 11) is 3.36. The van der Waals surface area contributed by atoms with Gasteiger partial charge in [-0.15, -0.1) is 0 Å². The molecule has 2 amide bonds. The number of anilines is 2. The molecule has 3 aromatic rings. The number of methoxy groups -OCH3 is 2. The fourth-order valence-corrected chi connectivity index (χ4v) is 8.81. The van der Waals surface area contributed by atoms with Gasteiger partial charge in [-0.05, 0) is 122 Å². The first-order chi connectivity index (χ1) is 21.4. The Morgan fingerprint density at radius 2 is 1.48 bits per heavy atom. The van der Waals surface area contributed by atoms with Gasteiger partial charge in [0.05, 0.1) is 30.9 Å². The van der Waals surface area contributed by atoms with E-state index in [1.807, 2.05) is 30.3 Å². The minimum Gasteiger partial charge on any atom is -0.493 e. The molecule has 0 saturated heterocycles. The Morgan fingerprint density at radius 1 is 0.841 bits per heavy atom. The predicted molar refractivity (Wildman–Crippen MR) is 172 cm³/mol. The van der Waals surface area contributed by atoms with Crippen LogP contribution in [0.3, 0.4) is 0 Å². The van der Waals surface area contributed by atoms with Crippen LogP contribution in [0.5, 0.6) is 11.5 Å². The molecule has 4 bridgehead atoms. The lowest BCUT2D eigenvalue weighted by atomic mass is 9.49. The van der Waals surface area contributed by atoms with Crippen LogP contribution in [-0.2, 0) is 24.2 Å². The molecule has 0 aromatic heterocycles. The summed E-state index contributed by atoms with van der Waals surface area (Å²) < 4.78 is 11.0. The summed E-state index contributed by atoms with van der Waals surface area (Å²) in [4.78, 5) is 29.5. The summed E-state index contributed by atoms with van der Waals surface area (Å²) >= 11 is 0. The highest BCUT2D eigenvalue weighted by molar-refractivity contribution is 6.10. The second kappa shape index (κ2) is 11.9. The molecule has 230 valence electrons. The van der Waals surface area contributed by atoms with Gasteiger partial charge in [0.15, 0.2) is 11.5 Å². The Balaban J connectivity index is 0.952. The summed E-state index contributed by atoms with van der Waals surface area (Å²) in [5, 5.41) is 6.24. The van der Waals surface area contributed by atoms with Crippen LogP contribution in [0.4, 0.5) is 11.4 Å². The van der Waals surface area contributed by atoms with Crippen molar-refractivity contribution in [2.75, 3.05) is 37.9 Å². The van der Waals surface area contributed by atoms with Crippen LogP contribution >= 0.6 is 0 Å². The standard InChI is InChI=1S/C37H43N3O4/c1-43-33-18-28-12-14-40(23-29(28)19-34(33)44-2)13-11-24-7-9-30(10-8-24)38-35(41)31-5-3-4-6-32(31)39-36(42)37-20-25-15-26(21-37)17-27(16-25)22-37/h3-10,18-19,25-27H,11-17,20-23H2,1-2H3,(H,38,41)(H,39,42). The number of fused-ring (bicyclic) bond motifs is 1. The van der Waals surface area contributed by atoms with Crippen molar-refractivity contribution in [1.82, 2.24) is 4.90 Å². The smallest absolute Gasteiger partial charge is 0.257 e. The fourth-order valence-electron chi connectivity index (χ4n) is 8.81. The minimum absolute atomic E-state index is 0.109. The maximum absolute atomic E-state index is 13.7. The van der Waals surface area contributed by atoms with E-state index in [9.17, 15) is 9.59 Å². The zero-order valence-corrected chi connectivity index (χ0v) is 25.9. The van der Waals surface area contributed by atoms with Crippen LogP contribution in [0, 0.1) is 23.2 Å². The van der Waals surface area contributed by atoms with E-state index < -0.39 is 0 Å². The first kappa shape index (κ1) is 28.9. The molecule has 7 nitrogen and oxygen atoms in total. The van der Waals surface area contributed by atoms with Crippen molar-refractivity contribution in [2.45, 2.75) is 57.9 Å². The molecule has 5 aliphatic rings. The lowest BCUT2D eigenvalue weighted by molar-refractivity contribution is -0.140. The Labute approximate surface area is 260 Å². The van der Waals surface area contributed by atoms with Gasteiger partial charge in [-0.1, -0.05) is 24.3 Å². The Hall–Kier alpha value is -3.84. The summed E-state index contributed by atoms with van der Waals surface area (Å²) in [5.41, 5.74) is 5.43. The molecular formula is C37H43N3O4. The molecule has 0 spiro atoms. The molecule has 0 radical (unpaired) electrons. The van der Waals surface area contributed by atoms with E-state index in [0.29, 0.717) is 29.0 Å². The van der Waals surface area contributed by atoms with Gasteiger partial charge in [0, 0.05) is 25.3 Å². The molecule has 1 aliphatic heterocycles. The van der Waals surface area contributed by atoms with Crippen LogP contribution in [0.2, 0.25) is 0 Å². The number of hydrogen-bond donors (Lipinski definition) is 2. The molecule has 8 rings (SSSR count). The van der Waals surface area contributed by atoms with Gasteiger partial charge in [0.2, 0.25) is 5.91 Å². The van der Waals surface area contributed by atoms with Crippen molar-refractivity contribution < 1.29 is 19.1 Å². The first-order valence-corrected chi connectivity index (χ1v) is 16.2. The maximum Gasteiger partial charge on any atom is 0.257 e. The highest BCUT2D eigenvalue weighted by atomic mass is 16.5. The molecule has 4 saturated carbocycles. The third kappa shape index (κ3) is 5.70. The fraction of sp³-hybridized carbons (Fsp3) is 0.459. The van der Waals surface area contributed by atoms with Crippen LogP contribution in [0.1, 0.15) is 65.6 Å². The van der Waals surface area contributed by atoms with Crippen LogP contribution < -0.4 is 20.1 Å². The van der Waals surface area contributed by atoms with Crippen LogP contribution in [0.25, 0.3) is 0 Å². The third-order valence-corrected chi connectivity index (χ3v) is 10.7. The zero-order valence-electron chi connectivity index (χ0n) is 25.9. The Kier molecular flexibility index (Phi) is 7.83. The number of nitrogens with one attached hydrogen (secondary N) is 2. The summed E-state index contributed by atoms with van der Waals surface area (Å²) in [6.45, 7) is 2.86. The molecule has 44 heavy (non-hydrogen) atoms. The normalized spacial score (nSPS) is 25.3. The van der Waals surface area contributed by atoms with E-state index >= 15 is 0 Å². The largest absolute Gasteiger partial charge is 0.493 e. The van der Waals surface area contributed by atoms with E-state index in [0.717, 1.165) is 68.9 Å². The van der Waals surface area contributed by atoms with E-state index in [4.69, 9.17) is 9.47 Å². The molecule has 3 aromatic carbocycles. The number of para-hydroxylation sites is 1. The van der Waals surface area contributed by atoms with E-state index in [1.54, 1.807) is 20.3 Å². The summed E-state index contributed by atoms with van der Waals surface area (Å²) in [6, 6.07) is 19.7. The second-order valence-corrected chi connectivity index (χ2v) is 13.6. The van der Waals surface area contributed by atoms with Crippen molar-refractivity contribution in [2.24, 2.45) is 23.2 Å². The van der Waals surface area contributed by atoms with Gasteiger partial charge in [-0.25, -0.2) is 0 Å². The SMILES string of the molecule is COc1cc2c(cc1OC)CN(CCc1ccc(NC(=O)c3ccccc3NC(=O)C34CC5CC(CC(C5)C3)C4)cc1)CC2. The second-order valence-electron chi connectivity index (χ2n) is 13.6. The quantitative estimate of drug-likeness (QED) is 0.288. The number of hydrogen-bond acceptors (Lipinski definition) is 5. The number of carbonyl (C=O) groups excluding carboxylic acids is 2. The molecule has 0 unspecified atom stereocenters. The highest BCUT2D eigenvalue weighted by Crippen LogP contribution is 2.60. The van der Waals surface area contributed by atoms with Gasteiger partial charge in [-0.2, -0.15) is 0 Å². The van der Waals surface area contributed by atoms with Crippen molar-refractivity contribution in [3.8, 4) is 11.5 Å². The molecule has 2 N–H and O–H groups in total. The van der Waals surface area contributed by atoms with Gasteiger partial charge in [0.25, 0.3) is 5.91 Å². The number of amides is 2. The number of benzene rings is 3. The van der Waals surface area contributed by atoms with Crippen molar-refractivity contribution in [1.29, 1.82) is 0 Å². The highest BCUT2D eigenvalue weighted by Gasteiger charge is 2.54. The van der Waals surface area contributed by atoms with Crippen LogP contribution in [0.15, 0.2) is 60.7 Å². The molecular weight excluding hydrogens is 550 g/mol. The lowest BCUT2D eigenvalue weighted by Crippen LogP contribution is -2.51. The van der Waals surface area contributed by atoms with Crippen molar-refractivity contribution in [3.63, 3.8) is 0 Å². The minimum atomic E-state index is -0.258. The van der Waals surface area contributed by atoms with Gasteiger partial charge >= 0.3 is 0 Å². The van der Waals surface area contributed by atoms with Gasteiger partial charge < -0.3 is 20.1 Å². The van der Waals surface area contributed by atoms with E-state index in [2.05, 4.69) is 39.8 Å². The molecule has 4 aliphatic carbocycles. The molecule has 4 fully saturated rings. The molecule has 0 atom stereocenters. The average molecular weight is 594 g/mol. The predicted octanol–water partition coefficient (Wildman–Crippen LogP) is 6.71. The number of rotatable bonds is 9. The molecule has 7 heteroatoms. The Morgan fingerprint density at radius 3 is 2.14 bits per heavy atom. The topological polar surface area (TPSA) is 79.9 Å². The van der Waals surface area contributed by atoms with E-state index in [1.165, 1.54) is 36.0 Å².